The highest BCUT2D eigenvalue weighted by Crippen LogP contribution is 2.44. The molecule has 5 heteroatoms. The maximum atomic E-state index is 13.5. The third-order valence-corrected chi connectivity index (χ3v) is 6.08. The van der Waals surface area contributed by atoms with Gasteiger partial charge >= 0.3 is 0 Å². The Balaban J connectivity index is 1.60. The summed E-state index contributed by atoms with van der Waals surface area (Å²) in [6.45, 7) is 0. The van der Waals surface area contributed by atoms with E-state index in [1.54, 1.807) is 19.2 Å². The monoisotopic (exact) mass is 414 g/mol. The third kappa shape index (κ3) is 3.67. The Bertz CT molecular complexity index is 1170. The van der Waals surface area contributed by atoms with Crippen LogP contribution in [0.1, 0.15) is 35.9 Å². The van der Waals surface area contributed by atoms with E-state index in [9.17, 15) is 9.18 Å². The number of ether oxygens (including phenoxy) is 1. The molecule has 0 unspecified atom stereocenters. The van der Waals surface area contributed by atoms with Gasteiger partial charge < -0.3 is 15.4 Å². The molecular weight excluding hydrogens is 391 g/mol. The molecule has 0 aromatic heterocycles. The number of rotatable bonds is 3. The number of carbonyl (C=O) groups excluding carboxylic acids is 1. The van der Waals surface area contributed by atoms with Gasteiger partial charge in [0, 0.05) is 17.7 Å². The largest absolute Gasteiger partial charge is 0.497 e. The molecule has 0 radical (unpaired) electrons. The summed E-state index contributed by atoms with van der Waals surface area (Å²) < 4.78 is 18.8. The first-order valence-electron chi connectivity index (χ1n) is 10.4. The van der Waals surface area contributed by atoms with Gasteiger partial charge in [0.05, 0.1) is 24.5 Å². The average Bonchev–Trinajstić information content (AvgIpc) is 2.96. The molecule has 31 heavy (non-hydrogen) atoms. The number of nitrogens with one attached hydrogen (secondary N) is 2. The molecule has 4 nitrogen and oxygen atoms in total. The van der Waals surface area contributed by atoms with Gasteiger partial charge in [-0.2, -0.15) is 0 Å². The highest BCUT2D eigenvalue weighted by atomic mass is 19.1. The number of ketones is 1. The van der Waals surface area contributed by atoms with Crippen LogP contribution in [0.3, 0.4) is 0 Å². The highest BCUT2D eigenvalue weighted by molar-refractivity contribution is 6.01. The molecule has 156 valence electrons. The molecule has 0 fully saturated rings. The van der Waals surface area contributed by atoms with Gasteiger partial charge in [0.25, 0.3) is 0 Å². The van der Waals surface area contributed by atoms with Crippen LogP contribution in [0.4, 0.5) is 15.8 Å². The molecule has 1 heterocycles. The first kappa shape index (κ1) is 19.4. The normalized spacial score (nSPS) is 20.1. The van der Waals surface area contributed by atoms with E-state index in [-0.39, 0.29) is 23.6 Å². The number of Topliss-reactive ketones (excluding diaryl/α,β-unsaturated/α-hetero) is 1. The van der Waals surface area contributed by atoms with Crippen molar-refractivity contribution >= 4 is 17.2 Å². The van der Waals surface area contributed by atoms with Crippen molar-refractivity contribution in [2.75, 3.05) is 17.7 Å². The summed E-state index contributed by atoms with van der Waals surface area (Å²) >= 11 is 0. The minimum Gasteiger partial charge on any atom is -0.497 e. The molecule has 1 aliphatic carbocycles. The van der Waals surface area contributed by atoms with Crippen molar-refractivity contribution in [1.29, 1.82) is 0 Å². The van der Waals surface area contributed by atoms with Gasteiger partial charge in [-0.3, -0.25) is 4.79 Å². The van der Waals surface area contributed by atoms with Crippen molar-refractivity contribution in [2.45, 2.75) is 24.8 Å². The summed E-state index contributed by atoms with van der Waals surface area (Å²) in [4.78, 5) is 13.5. The molecule has 3 aromatic carbocycles. The SMILES string of the molecule is COc1cccc([C@H]2Nc3ccccc3NC3=C2C(=O)C[C@@H](c2ccc(F)cc2)C3)c1. The van der Waals surface area contributed by atoms with Crippen LogP contribution in [-0.2, 0) is 4.79 Å². The Morgan fingerprint density at radius 1 is 0.903 bits per heavy atom. The molecule has 0 bridgehead atoms. The van der Waals surface area contributed by atoms with Crippen LogP contribution in [0.5, 0.6) is 5.75 Å². The summed E-state index contributed by atoms with van der Waals surface area (Å²) in [5, 5.41) is 7.09. The molecule has 0 amide bonds. The van der Waals surface area contributed by atoms with Gasteiger partial charge in [-0.15, -0.1) is 0 Å². The molecule has 0 spiro atoms. The average molecular weight is 414 g/mol. The number of fused-ring (bicyclic) bond motifs is 1. The van der Waals surface area contributed by atoms with Crippen molar-refractivity contribution in [1.82, 2.24) is 0 Å². The zero-order valence-corrected chi connectivity index (χ0v) is 17.2. The van der Waals surface area contributed by atoms with Crippen molar-refractivity contribution in [3.63, 3.8) is 0 Å². The Hall–Kier alpha value is -3.60. The van der Waals surface area contributed by atoms with Gasteiger partial charge in [-0.05, 0) is 59.9 Å². The van der Waals surface area contributed by atoms with Crippen LogP contribution in [-0.4, -0.2) is 12.9 Å². The molecular formula is C26H23FN2O2. The molecule has 1 aliphatic heterocycles. The van der Waals surface area contributed by atoms with Crippen molar-refractivity contribution < 1.29 is 13.9 Å². The summed E-state index contributed by atoms with van der Waals surface area (Å²) in [5.74, 6) is 0.584. The molecule has 2 aliphatic rings. The third-order valence-electron chi connectivity index (χ3n) is 6.08. The number of benzene rings is 3. The summed E-state index contributed by atoms with van der Waals surface area (Å²) in [6.07, 6.45) is 1.08. The highest BCUT2D eigenvalue weighted by Gasteiger charge is 2.36. The second kappa shape index (κ2) is 7.91. The fourth-order valence-corrected chi connectivity index (χ4v) is 4.53. The number of anilines is 2. The number of hydrogen-bond donors (Lipinski definition) is 2. The van der Waals surface area contributed by atoms with E-state index >= 15 is 0 Å². The molecule has 3 aromatic rings. The van der Waals surface area contributed by atoms with Gasteiger partial charge in [0.2, 0.25) is 0 Å². The maximum Gasteiger partial charge on any atom is 0.163 e. The zero-order valence-electron chi connectivity index (χ0n) is 17.2. The second-order valence-corrected chi connectivity index (χ2v) is 8.00. The Morgan fingerprint density at radius 2 is 1.68 bits per heavy atom. The van der Waals surface area contributed by atoms with E-state index in [1.807, 2.05) is 48.5 Å². The van der Waals surface area contributed by atoms with Crippen molar-refractivity contribution in [2.24, 2.45) is 0 Å². The predicted molar refractivity (Wildman–Crippen MR) is 120 cm³/mol. The summed E-state index contributed by atoms with van der Waals surface area (Å²) in [5.41, 5.74) is 5.49. The lowest BCUT2D eigenvalue weighted by Crippen LogP contribution is -2.26. The standard InChI is InChI=1S/C26H23FN2O2/c1-31-20-6-4-5-17(13-20)26-25-23(28-21-7-2-3-8-22(21)29-26)14-18(15-24(25)30)16-9-11-19(27)12-10-16/h2-13,18,26,28-29H,14-15H2,1H3/t18-,26+/m0/s1. The van der Waals surface area contributed by atoms with E-state index in [0.29, 0.717) is 12.8 Å². The first-order chi connectivity index (χ1) is 15.1. The van der Waals surface area contributed by atoms with Crippen LogP contribution >= 0.6 is 0 Å². The van der Waals surface area contributed by atoms with Crippen LogP contribution in [0.25, 0.3) is 0 Å². The predicted octanol–water partition coefficient (Wildman–Crippen LogP) is 5.81. The smallest absolute Gasteiger partial charge is 0.163 e. The van der Waals surface area contributed by atoms with E-state index in [4.69, 9.17) is 4.74 Å². The van der Waals surface area contributed by atoms with E-state index in [0.717, 1.165) is 39.5 Å². The van der Waals surface area contributed by atoms with E-state index in [2.05, 4.69) is 10.6 Å². The number of hydrogen-bond acceptors (Lipinski definition) is 4. The minimum atomic E-state index is -0.289. The number of allylic oxidation sites excluding steroid dienone is 1. The fraction of sp³-hybridized carbons (Fsp3) is 0.192. The first-order valence-corrected chi connectivity index (χ1v) is 10.4. The van der Waals surface area contributed by atoms with Crippen LogP contribution in [0, 0.1) is 5.82 Å². The van der Waals surface area contributed by atoms with Crippen molar-refractivity contribution in [3.05, 3.63) is 101 Å². The minimum absolute atomic E-state index is 0.00979. The maximum absolute atomic E-state index is 13.5. The van der Waals surface area contributed by atoms with Gasteiger partial charge in [0.15, 0.2) is 5.78 Å². The summed E-state index contributed by atoms with van der Waals surface area (Å²) in [7, 11) is 1.64. The molecule has 0 saturated carbocycles. The Labute approximate surface area is 180 Å². The number of para-hydroxylation sites is 2. The van der Waals surface area contributed by atoms with E-state index in [1.165, 1.54) is 12.1 Å². The van der Waals surface area contributed by atoms with Crippen molar-refractivity contribution in [3.8, 4) is 5.75 Å². The molecule has 0 saturated heterocycles. The Kier molecular flexibility index (Phi) is 4.94. The molecule has 2 atom stereocenters. The topological polar surface area (TPSA) is 50.4 Å². The quantitative estimate of drug-likeness (QED) is 0.568. The van der Waals surface area contributed by atoms with E-state index < -0.39 is 0 Å². The van der Waals surface area contributed by atoms with Crippen LogP contribution in [0.15, 0.2) is 84.1 Å². The molecule has 2 N–H and O–H groups in total. The number of methoxy groups -OCH3 is 1. The molecule has 5 rings (SSSR count). The lowest BCUT2D eigenvalue weighted by Gasteiger charge is -2.30. The number of carbonyl (C=O) groups is 1. The second-order valence-electron chi connectivity index (χ2n) is 8.00. The number of halogens is 1. The van der Waals surface area contributed by atoms with Gasteiger partial charge in [-0.25, -0.2) is 4.39 Å². The zero-order chi connectivity index (χ0) is 21.4. The summed E-state index contributed by atoms with van der Waals surface area (Å²) in [6, 6.07) is 22.0. The van der Waals surface area contributed by atoms with Gasteiger partial charge in [-0.1, -0.05) is 36.4 Å². The van der Waals surface area contributed by atoms with Crippen LogP contribution in [0.2, 0.25) is 0 Å². The fourth-order valence-electron chi connectivity index (χ4n) is 4.53. The van der Waals surface area contributed by atoms with Crippen LogP contribution < -0.4 is 15.4 Å². The lowest BCUT2D eigenvalue weighted by molar-refractivity contribution is -0.116. The Morgan fingerprint density at radius 3 is 2.45 bits per heavy atom. The lowest BCUT2D eigenvalue weighted by atomic mass is 9.78. The van der Waals surface area contributed by atoms with Gasteiger partial charge in [0.1, 0.15) is 11.6 Å².